The molecule has 1 amide bonds. The summed E-state index contributed by atoms with van der Waals surface area (Å²) >= 11 is 0. The zero-order valence-corrected chi connectivity index (χ0v) is 19.1. The molecule has 0 saturated carbocycles. The van der Waals surface area contributed by atoms with Gasteiger partial charge in [-0.2, -0.15) is 0 Å². The fraction of sp³-hybridized carbons (Fsp3) is 0.296. The van der Waals surface area contributed by atoms with Crippen LogP contribution in [0, 0.1) is 0 Å². The molecule has 4 aromatic rings. The number of aromatic nitrogens is 2. The third-order valence-corrected chi connectivity index (χ3v) is 6.69. The summed E-state index contributed by atoms with van der Waals surface area (Å²) in [6.07, 6.45) is 4.56. The first-order chi connectivity index (χ1) is 16.4. The van der Waals surface area contributed by atoms with E-state index in [2.05, 4.69) is 9.97 Å². The molecule has 172 valence electrons. The number of aliphatic hydroxyl groups is 1. The SMILES string of the molecule is CC(C)(O)c1cc(-c2ccnc3cc(-c4ccc(C(=O)N5C[C@H]6C[C@@H]5CO6)cc4)oc23)ccn1. The van der Waals surface area contributed by atoms with Crippen LogP contribution in [0.15, 0.2) is 65.3 Å². The van der Waals surface area contributed by atoms with Gasteiger partial charge in [0, 0.05) is 41.7 Å². The van der Waals surface area contributed by atoms with Crippen molar-refractivity contribution in [3.63, 3.8) is 0 Å². The number of ether oxygens (including phenoxy) is 1. The molecule has 2 atom stereocenters. The van der Waals surface area contributed by atoms with Crippen LogP contribution in [0.3, 0.4) is 0 Å². The second-order valence-corrected chi connectivity index (χ2v) is 9.55. The molecule has 2 bridgehead atoms. The predicted molar refractivity (Wildman–Crippen MR) is 127 cm³/mol. The zero-order valence-electron chi connectivity index (χ0n) is 19.1. The Kier molecular flexibility index (Phi) is 4.79. The van der Waals surface area contributed by atoms with Crippen molar-refractivity contribution < 1.29 is 19.1 Å². The number of morpholine rings is 1. The van der Waals surface area contributed by atoms with Crippen LogP contribution >= 0.6 is 0 Å². The lowest BCUT2D eigenvalue weighted by atomic mass is 10.00. The molecule has 3 aromatic heterocycles. The molecule has 0 spiro atoms. The smallest absolute Gasteiger partial charge is 0.254 e. The molecule has 34 heavy (non-hydrogen) atoms. The van der Waals surface area contributed by atoms with E-state index in [1.54, 1.807) is 26.2 Å². The van der Waals surface area contributed by atoms with Gasteiger partial charge in [0.25, 0.3) is 5.91 Å². The molecule has 7 nitrogen and oxygen atoms in total. The molecular weight excluding hydrogens is 430 g/mol. The van der Waals surface area contributed by atoms with E-state index < -0.39 is 5.60 Å². The average Bonchev–Trinajstić information content (AvgIpc) is 3.58. The van der Waals surface area contributed by atoms with Gasteiger partial charge in [-0.1, -0.05) is 12.1 Å². The first-order valence-corrected chi connectivity index (χ1v) is 11.5. The van der Waals surface area contributed by atoms with Crippen LogP contribution in [-0.4, -0.2) is 51.2 Å². The minimum Gasteiger partial charge on any atom is -0.454 e. The van der Waals surface area contributed by atoms with E-state index >= 15 is 0 Å². The number of nitrogens with zero attached hydrogens (tertiary/aromatic N) is 3. The number of carbonyl (C=O) groups is 1. The van der Waals surface area contributed by atoms with Gasteiger partial charge in [0.05, 0.1) is 24.4 Å². The number of fused-ring (bicyclic) bond motifs is 3. The molecule has 7 heteroatoms. The summed E-state index contributed by atoms with van der Waals surface area (Å²) in [6.45, 7) is 4.73. The first-order valence-electron chi connectivity index (χ1n) is 11.5. The lowest BCUT2D eigenvalue weighted by molar-refractivity contribution is 0.0259. The Bertz CT molecular complexity index is 1390. The van der Waals surface area contributed by atoms with Gasteiger partial charge in [-0.25, -0.2) is 0 Å². The number of furan rings is 1. The summed E-state index contributed by atoms with van der Waals surface area (Å²) in [5.41, 5.74) is 4.26. The van der Waals surface area contributed by atoms with Crippen LogP contribution in [0.1, 0.15) is 36.3 Å². The van der Waals surface area contributed by atoms with Gasteiger partial charge in [-0.3, -0.25) is 14.8 Å². The molecule has 5 heterocycles. The van der Waals surface area contributed by atoms with Gasteiger partial charge in [-0.05, 0) is 56.2 Å². The largest absolute Gasteiger partial charge is 0.454 e. The maximum atomic E-state index is 12.9. The van der Waals surface area contributed by atoms with Crippen molar-refractivity contribution in [1.82, 2.24) is 14.9 Å². The van der Waals surface area contributed by atoms with Gasteiger partial charge < -0.3 is 19.2 Å². The molecule has 2 aliphatic heterocycles. The van der Waals surface area contributed by atoms with E-state index in [0.717, 1.165) is 28.6 Å². The standard InChI is InChI=1S/C27H25N3O4/c1-27(2,32)24-11-18(7-9-29-24)21-8-10-28-22-13-23(34-25(21)22)16-3-5-17(6-4-16)26(31)30-14-20-12-19(30)15-33-20/h3-11,13,19-20,32H,12,14-15H2,1-2H3/t19-,20-/m1/s1. The predicted octanol–water partition coefficient (Wildman–Crippen LogP) is 4.40. The van der Waals surface area contributed by atoms with E-state index in [1.807, 2.05) is 53.4 Å². The number of hydrogen-bond acceptors (Lipinski definition) is 6. The summed E-state index contributed by atoms with van der Waals surface area (Å²) < 4.78 is 11.9. The molecule has 0 aliphatic carbocycles. The van der Waals surface area contributed by atoms with Crippen LogP contribution in [0.2, 0.25) is 0 Å². The number of rotatable bonds is 4. The molecule has 0 unspecified atom stereocenters. The molecule has 0 radical (unpaired) electrons. The normalized spacial score (nSPS) is 19.8. The van der Waals surface area contributed by atoms with Crippen LogP contribution < -0.4 is 0 Å². The minimum atomic E-state index is -1.04. The fourth-order valence-corrected chi connectivity index (χ4v) is 4.83. The average molecular weight is 456 g/mol. The van der Waals surface area contributed by atoms with E-state index in [1.165, 1.54) is 0 Å². The highest BCUT2D eigenvalue weighted by Crippen LogP contribution is 2.35. The van der Waals surface area contributed by atoms with E-state index in [4.69, 9.17) is 9.15 Å². The number of carbonyl (C=O) groups excluding carboxylic acids is 1. The van der Waals surface area contributed by atoms with Gasteiger partial charge >= 0.3 is 0 Å². The van der Waals surface area contributed by atoms with Crippen LogP contribution in [0.4, 0.5) is 0 Å². The maximum absolute atomic E-state index is 12.9. The number of hydrogen-bond donors (Lipinski definition) is 1. The Labute approximate surface area is 197 Å². The molecular formula is C27H25N3O4. The van der Waals surface area contributed by atoms with Gasteiger partial charge in [-0.15, -0.1) is 0 Å². The Morgan fingerprint density at radius 2 is 1.85 bits per heavy atom. The van der Waals surface area contributed by atoms with Crippen LogP contribution in [0.5, 0.6) is 0 Å². The van der Waals surface area contributed by atoms with Crippen molar-refractivity contribution in [1.29, 1.82) is 0 Å². The zero-order chi connectivity index (χ0) is 23.4. The number of pyridine rings is 2. The number of amides is 1. The summed E-state index contributed by atoms with van der Waals surface area (Å²) in [7, 11) is 0. The lowest BCUT2D eigenvalue weighted by Crippen LogP contribution is -2.41. The van der Waals surface area contributed by atoms with Crippen LogP contribution in [-0.2, 0) is 10.3 Å². The first kappa shape index (κ1) is 21.0. The highest BCUT2D eigenvalue weighted by atomic mass is 16.5. The number of likely N-dealkylation sites (tertiary alicyclic amines) is 1. The van der Waals surface area contributed by atoms with Crippen molar-refractivity contribution in [2.45, 2.75) is 38.0 Å². The Balaban J connectivity index is 1.31. The highest BCUT2D eigenvalue weighted by Gasteiger charge is 2.41. The molecule has 1 aromatic carbocycles. The van der Waals surface area contributed by atoms with Crippen molar-refractivity contribution in [3.8, 4) is 22.5 Å². The topological polar surface area (TPSA) is 88.7 Å². The molecule has 2 saturated heterocycles. The van der Waals surface area contributed by atoms with E-state index in [9.17, 15) is 9.90 Å². The molecule has 1 N–H and O–H groups in total. The molecule has 2 aliphatic rings. The fourth-order valence-electron chi connectivity index (χ4n) is 4.83. The van der Waals surface area contributed by atoms with Crippen molar-refractivity contribution in [3.05, 3.63) is 72.2 Å². The van der Waals surface area contributed by atoms with Crippen molar-refractivity contribution in [2.75, 3.05) is 13.2 Å². The monoisotopic (exact) mass is 455 g/mol. The number of benzene rings is 1. The molecule has 2 fully saturated rings. The van der Waals surface area contributed by atoms with E-state index in [-0.39, 0.29) is 18.1 Å². The second kappa shape index (κ2) is 7.75. The third-order valence-electron chi connectivity index (χ3n) is 6.69. The van der Waals surface area contributed by atoms with Gasteiger partial charge in [0.1, 0.15) is 16.9 Å². The summed E-state index contributed by atoms with van der Waals surface area (Å²) in [5.74, 6) is 0.732. The van der Waals surface area contributed by atoms with Gasteiger partial charge in [0.15, 0.2) is 5.58 Å². The lowest BCUT2D eigenvalue weighted by Gasteiger charge is -2.26. The Morgan fingerprint density at radius 3 is 2.56 bits per heavy atom. The van der Waals surface area contributed by atoms with Crippen molar-refractivity contribution in [2.24, 2.45) is 0 Å². The Hall–Kier alpha value is -3.55. The quantitative estimate of drug-likeness (QED) is 0.491. The van der Waals surface area contributed by atoms with Crippen LogP contribution in [0.25, 0.3) is 33.6 Å². The minimum absolute atomic E-state index is 0.0520. The Morgan fingerprint density at radius 1 is 1.06 bits per heavy atom. The van der Waals surface area contributed by atoms with E-state index in [0.29, 0.717) is 35.8 Å². The highest BCUT2D eigenvalue weighted by molar-refractivity contribution is 5.96. The third kappa shape index (κ3) is 3.57. The summed E-state index contributed by atoms with van der Waals surface area (Å²) in [5, 5.41) is 10.4. The maximum Gasteiger partial charge on any atom is 0.254 e. The summed E-state index contributed by atoms with van der Waals surface area (Å²) in [4.78, 5) is 23.6. The summed E-state index contributed by atoms with van der Waals surface area (Å²) in [6, 6.07) is 15.3. The second-order valence-electron chi connectivity index (χ2n) is 9.55. The van der Waals surface area contributed by atoms with Crippen molar-refractivity contribution >= 4 is 17.0 Å². The van der Waals surface area contributed by atoms with Gasteiger partial charge in [0.2, 0.25) is 0 Å². The molecule has 6 rings (SSSR count).